The fourth-order valence-electron chi connectivity index (χ4n) is 5.78. The zero-order chi connectivity index (χ0) is 31.3. The van der Waals surface area contributed by atoms with Crippen molar-refractivity contribution in [2.45, 2.75) is 36.7 Å². The first-order chi connectivity index (χ1) is 20.2. The lowest BCUT2D eigenvalue weighted by Gasteiger charge is -2.47. The first kappa shape index (κ1) is 30.8. The molecule has 2 unspecified atom stereocenters. The summed E-state index contributed by atoms with van der Waals surface area (Å²) in [7, 11) is -2.34. The molecule has 0 aliphatic carbocycles. The molecule has 1 fully saturated rings. The topological polar surface area (TPSA) is 108 Å². The molecule has 0 bridgehead atoms. The number of piperazine rings is 1. The summed E-state index contributed by atoms with van der Waals surface area (Å²) in [6, 6.07) is 17.4. The second kappa shape index (κ2) is 11.2. The molecule has 3 aromatic carbocycles. The Labute approximate surface area is 261 Å². The van der Waals surface area contributed by atoms with Crippen LogP contribution in [0.25, 0.3) is 0 Å². The van der Waals surface area contributed by atoms with E-state index in [1.54, 1.807) is 17.0 Å². The number of hydrogen-bond acceptors (Lipinski definition) is 6. The fourth-order valence-corrected chi connectivity index (χ4v) is 7.22. The van der Waals surface area contributed by atoms with E-state index in [0.717, 1.165) is 22.9 Å². The quantitative estimate of drug-likeness (QED) is 0.414. The van der Waals surface area contributed by atoms with Gasteiger partial charge in [0.25, 0.3) is 0 Å². The highest BCUT2D eigenvalue weighted by Crippen LogP contribution is 2.54. The number of amidine groups is 1. The van der Waals surface area contributed by atoms with E-state index in [1.807, 2.05) is 57.2 Å². The van der Waals surface area contributed by atoms with Crippen molar-refractivity contribution in [2.24, 2.45) is 4.99 Å². The van der Waals surface area contributed by atoms with Crippen LogP contribution in [0.1, 0.15) is 36.1 Å². The van der Waals surface area contributed by atoms with Crippen LogP contribution in [0.5, 0.6) is 5.75 Å². The number of halogens is 2. The van der Waals surface area contributed by atoms with Crippen molar-refractivity contribution in [3.05, 3.63) is 93.0 Å². The third-order valence-corrected chi connectivity index (χ3v) is 10.2. The molecule has 2 aliphatic heterocycles. The second-order valence-electron chi connectivity index (χ2n) is 11.1. The minimum atomic E-state index is -3.77. The molecule has 9 nitrogen and oxygen atoms in total. The predicted octanol–water partition coefficient (Wildman–Crippen LogP) is 5.16. The Morgan fingerprint density at radius 3 is 2.23 bits per heavy atom. The number of benzene rings is 3. The zero-order valence-electron chi connectivity index (χ0n) is 24.4. The molecular formula is C31H32Cl2N4O5S. The van der Waals surface area contributed by atoms with Gasteiger partial charge in [-0.2, -0.15) is 0 Å². The van der Waals surface area contributed by atoms with Crippen molar-refractivity contribution in [1.82, 2.24) is 15.1 Å². The van der Waals surface area contributed by atoms with Crippen LogP contribution >= 0.6 is 23.2 Å². The SMILES string of the molecule is COc1cc(Cl)c(S(C)(=O)=O)cc1C1=NC(C)(c2ccc(C)cc2)C(C)(c2ccc(Cl)cc2)N1C(=O)N1CCNC(=O)C1. The van der Waals surface area contributed by atoms with Crippen molar-refractivity contribution in [1.29, 1.82) is 0 Å². The highest BCUT2D eigenvalue weighted by atomic mass is 35.5. The van der Waals surface area contributed by atoms with Gasteiger partial charge >= 0.3 is 6.03 Å². The molecule has 12 heteroatoms. The van der Waals surface area contributed by atoms with E-state index in [4.69, 9.17) is 32.9 Å². The zero-order valence-corrected chi connectivity index (χ0v) is 26.8. The minimum Gasteiger partial charge on any atom is -0.496 e. The number of sulfone groups is 1. The molecule has 1 saturated heterocycles. The van der Waals surface area contributed by atoms with Gasteiger partial charge in [-0.3, -0.25) is 14.7 Å². The monoisotopic (exact) mass is 642 g/mol. The molecule has 3 aromatic rings. The van der Waals surface area contributed by atoms with Gasteiger partial charge in [-0.15, -0.1) is 0 Å². The number of carbonyl (C=O) groups is 2. The summed E-state index contributed by atoms with van der Waals surface area (Å²) in [6.45, 7) is 6.25. The van der Waals surface area contributed by atoms with Gasteiger partial charge in [-0.1, -0.05) is 65.2 Å². The van der Waals surface area contributed by atoms with E-state index >= 15 is 0 Å². The summed E-state index contributed by atoms with van der Waals surface area (Å²) in [5.41, 5.74) is 0.558. The van der Waals surface area contributed by atoms with Crippen molar-refractivity contribution in [3.8, 4) is 5.75 Å². The maximum Gasteiger partial charge on any atom is 0.327 e. The first-order valence-corrected chi connectivity index (χ1v) is 16.2. The van der Waals surface area contributed by atoms with Gasteiger partial charge in [0.1, 0.15) is 29.2 Å². The lowest BCUT2D eigenvalue weighted by molar-refractivity contribution is -0.123. The third-order valence-electron chi connectivity index (χ3n) is 8.35. The molecule has 0 saturated carbocycles. The average Bonchev–Trinajstić information content (AvgIpc) is 3.20. The number of amides is 3. The Morgan fingerprint density at radius 1 is 1.02 bits per heavy atom. The lowest BCUT2D eigenvalue weighted by atomic mass is 9.70. The van der Waals surface area contributed by atoms with Gasteiger partial charge in [0.15, 0.2) is 9.84 Å². The number of aliphatic imine (C=N–C) groups is 1. The molecule has 2 atom stereocenters. The van der Waals surface area contributed by atoms with Gasteiger partial charge in [0, 0.05) is 30.4 Å². The fraction of sp³-hybridized carbons (Fsp3) is 0.323. The number of hydrogen-bond donors (Lipinski definition) is 1. The largest absolute Gasteiger partial charge is 0.496 e. The maximum atomic E-state index is 14.7. The number of aryl methyl sites for hydroxylation is 1. The van der Waals surface area contributed by atoms with Crippen LogP contribution in [-0.2, 0) is 25.7 Å². The van der Waals surface area contributed by atoms with Crippen LogP contribution in [0.3, 0.4) is 0 Å². The minimum absolute atomic E-state index is 0.0194. The number of carbonyl (C=O) groups excluding carboxylic acids is 2. The molecule has 5 rings (SSSR count). The van der Waals surface area contributed by atoms with Crippen LogP contribution in [0.2, 0.25) is 10.0 Å². The molecule has 3 amide bonds. The molecule has 2 heterocycles. The highest BCUT2D eigenvalue weighted by molar-refractivity contribution is 7.90. The van der Waals surface area contributed by atoms with E-state index in [-0.39, 0.29) is 46.1 Å². The number of methoxy groups -OCH3 is 1. The van der Waals surface area contributed by atoms with Crippen LogP contribution in [-0.4, -0.2) is 69.0 Å². The summed E-state index contributed by atoms with van der Waals surface area (Å²) in [5.74, 6) is 0.127. The van der Waals surface area contributed by atoms with E-state index in [0.29, 0.717) is 11.6 Å². The van der Waals surface area contributed by atoms with Crippen molar-refractivity contribution >= 4 is 50.8 Å². The van der Waals surface area contributed by atoms with Crippen molar-refractivity contribution in [2.75, 3.05) is 33.0 Å². The van der Waals surface area contributed by atoms with E-state index in [1.165, 1.54) is 24.1 Å². The number of urea groups is 1. The summed E-state index contributed by atoms with van der Waals surface area (Å²) >= 11 is 12.7. The smallest absolute Gasteiger partial charge is 0.327 e. The van der Waals surface area contributed by atoms with Crippen LogP contribution in [0.4, 0.5) is 4.79 Å². The van der Waals surface area contributed by atoms with Gasteiger partial charge in [0.05, 0.1) is 22.6 Å². The maximum absolute atomic E-state index is 14.7. The van der Waals surface area contributed by atoms with Crippen LogP contribution in [0, 0.1) is 6.92 Å². The molecule has 43 heavy (non-hydrogen) atoms. The molecule has 0 aromatic heterocycles. The number of ether oxygens (including phenoxy) is 1. The average molecular weight is 644 g/mol. The standard InChI is InChI=1S/C31H32Cl2N4O5S/c1-19-6-8-20(9-7-19)30(2)31(3,21-10-12-22(32)13-11-21)37(29(39)36-15-14-34-27(38)18-36)28(35-30)23-16-26(43(5,40)41)24(33)17-25(23)42-4/h6-13,16-17H,14-15,18H2,1-5H3,(H,34,38). The Hall–Kier alpha value is -3.60. The third kappa shape index (κ3) is 5.25. The molecule has 2 aliphatic rings. The van der Waals surface area contributed by atoms with E-state index in [2.05, 4.69) is 5.32 Å². The first-order valence-electron chi connectivity index (χ1n) is 13.6. The van der Waals surface area contributed by atoms with Gasteiger partial charge in [-0.25, -0.2) is 13.2 Å². The predicted molar refractivity (Wildman–Crippen MR) is 167 cm³/mol. The van der Waals surface area contributed by atoms with Gasteiger partial charge in [-0.05, 0) is 50.1 Å². The summed E-state index contributed by atoms with van der Waals surface area (Å²) in [5, 5.41) is 3.26. The Morgan fingerprint density at radius 2 is 1.65 bits per heavy atom. The lowest BCUT2D eigenvalue weighted by Crippen LogP contribution is -2.61. The summed E-state index contributed by atoms with van der Waals surface area (Å²) < 4.78 is 31.2. The van der Waals surface area contributed by atoms with Crippen molar-refractivity contribution < 1.29 is 22.7 Å². The van der Waals surface area contributed by atoms with E-state index in [9.17, 15) is 18.0 Å². The normalized spacial score (nSPS) is 22.3. The van der Waals surface area contributed by atoms with Crippen LogP contribution in [0.15, 0.2) is 70.6 Å². The Kier molecular flexibility index (Phi) is 8.00. The number of rotatable bonds is 5. The van der Waals surface area contributed by atoms with Crippen LogP contribution < -0.4 is 10.1 Å². The number of nitrogens with one attached hydrogen (secondary N) is 1. The van der Waals surface area contributed by atoms with Gasteiger partial charge < -0.3 is 15.0 Å². The summed E-state index contributed by atoms with van der Waals surface area (Å²) in [4.78, 5) is 35.2. The van der Waals surface area contributed by atoms with Gasteiger partial charge in [0.2, 0.25) is 5.91 Å². The molecular weight excluding hydrogens is 611 g/mol. The van der Waals surface area contributed by atoms with E-state index < -0.39 is 26.9 Å². The molecule has 0 radical (unpaired) electrons. The number of nitrogens with zero attached hydrogens (tertiary/aromatic N) is 3. The summed E-state index contributed by atoms with van der Waals surface area (Å²) in [6.07, 6.45) is 1.06. The molecule has 226 valence electrons. The molecule has 1 N–H and O–H groups in total. The Bertz CT molecular complexity index is 1740. The molecule has 0 spiro atoms. The Balaban J connectivity index is 1.86. The second-order valence-corrected chi connectivity index (χ2v) is 13.9. The highest BCUT2D eigenvalue weighted by Gasteiger charge is 2.60. The van der Waals surface area contributed by atoms with Crippen molar-refractivity contribution in [3.63, 3.8) is 0 Å².